The Morgan fingerprint density at radius 1 is 1.35 bits per heavy atom. The summed E-state index contributed by atoms with van der Waals surface area (Å²) in [7, 11) is 0. The third kappa shape index (κ3) is 3.87. The summed E-state index contributed by atoms with van der Waals surface area (Å²) in [6.45, 7) is 7.39. The van der Waals surface area contributed by atoms with Gasteiger partial charge in [0.1, 0.15) is 0 Å². The van der Waals surface area contributed by atoms with Crippen molar-refractivity contribution in [2.45, 2.75) is 13.8 Å². The predicted molar refractivity (Wildman–Crippen MR) is 94.6 cm³/mol. The van der Waals surface area contributed by atoms with Crippen LogP contribution in [0.3, 0.4) is 0 Å². The second-order valence-electron chi connectivity index (χ2n) is 6.05. The lowest BCUT2D eigenvalue weighted by atomic mass is 10.2. The summed E-state index contributed by atoms with van der Waals surface area (Å²) in [4.78, 5) is 20.6. The molecule has 3 rings (SSSR count). The minimum atomic E-state index is -0.213. The van der Waals surface area contributed by atoms with Crippen LogP contribution in [0.25, 0.3) is 10.2 Å². The van der Waals surface area contributed by atoms with Gasteiger partial charge < -0.3 is 14.5 Å². The van der Waals surface area contributed by atoms with E-state index in [-0.39, 0.29) is 6.09 Å². The minimum absolute atomic E-state index is 0.213. The summed E-state index contributed by atoms with van der Waals surface area (Å²) in [6.07, 6.45) is -0.213. The second-order valence-corrected chi connectivity index (χ2v) is 7.50. The number of rotatable bonds is 3. The minimum Gasteiger partial charge on any atom is -0.449 e. The number of hydrogen-bond donors (Lipinski definition) is 0. The average molecular weight is 354 g/mol. The molecule has 1 fully saturated rings. The molecule has 0 unspecified atom stereocenters. The Morgan fingerprint density at radius 2 is 2.09 bits per heavy atom. The number of carbonyl (C=O) groups excluding carboxylic acids is 1. The van der Waals surface area contributed by atoms with Crippen molar-refractivity contribution in [2.75, 3.05) is 37.7 Å². The Labute approximate surface area is 144 Å². The zero-order chi connectivity index (χ0) is 16.4. The standard InChI is InChI=1S/C16H20ClN3O2S/c1-11(2)10-22-16(21)20-7-5-19(6-8-20)15-18-13-4-3-12(17)9-14(13)23-15/h3-4,9,11H,5-8,10H2,1-2H3. The number of fused-ring (bicyclic) bond motifs is 1. The van der Waals surface area contributed by atoms with Gasteiger partial charge in [0.2, 0.25) is 0 Å². The van der Waals surface area contributed by atoms with Crippen LogP contribution >= 0.6 is 22.9 Å². The Bertz CT molecular complexity index is 696. The maximum Gasteiger partial charge on any atom is 0.409 e. The molecular formula is C16H20ClN3O2S. The smallest absolute Gasteiger partial charge is 0.409 e. The van der Waals surface area contributed by atoms with Crippen LogP contribution in [0.5, 0.6) is 0 Å². The molecule has 1 aliphatic rings. The monoisotopic (exact) mass is 353 g/mol. The number of halogens is 1. The molecule has 0 atom stereocenters. The van der Waals surface area contributed by atoms with E-state index in [0.717, 1.165) is 33.5 Å². The molecule has 0 saturated carbocycles. The van der Waals surface area contributed by atoms with Crippen molar-refractivity contribution in [3.63, 3.8) is 0 Å². The van der Waals surface area contributed by atoms with E-state index in [1.54, 1.807) is 16.2 Å². The molecule has 0 radical (unpaired) electrons. The molecule has 1 aromatic carbocycles. The number of thiazole rings is 1. The molecule has 0 bridgehead atoms. The Morgan fingerprint density at radius 3 is 2.78 bits per heavy atom. The number of hydrogen-bond acceptors (Lipinski definition) is 5. The molecule has 0 spiro atoms. The number of benzene rings is 1. The van der Waals surface area contributed by atoms with E-state index in [0.29, 0.717) is 25.6 Å². The van der Waals surface area contributed by atoms with Crippen LogP contribution < -0.4 is 4.90 Å². The zero-order valence-electron chi connectivity index (χ0n) is 13.3. The summed E-state index contributed by atoms with van der Waals surface area (Å²) in [5.74, 6) is 0.356. The molecule has 1 amide bonds. The number of piperazine rings is 1. The van der Waals surface area contributed by atoms with Crippen LogP contribution in [0.15, 0.2) is 18.2 Å². The van der Waals surface area contributed by atoms with Gasteiger partial charge >= 0.3 is 6.09 Å². The van der Waals surface area contributed by atoms with Crippen LogP contribution in [-0.2, 0) is 4.74 Å². The molecule has 1 aromatic heterocycles. The summed E-state index contributed by atoms with van der Waals surface area (Å²) < 4.78 is 6.38. The first kappa shape index (κ1) is 16.3. The highest BCUT2D eigenvalue weighted by Crippen LogP contribution is 2.31. The van der Waals surface area contributed by atoms with Crippen molar-refractivity contribution in [2.24, 2.45) is 5.92 Å². The summed E-state index contributed by atoms with van der Waals surface area (Å²) in [5.41, 5.74) is 0.966. The highest BCUT2D eigenvalue weighted by atomic mass is 35.5. The molecule has 2 heterocycles. The van der Waals surface area contributed by atoms with Gasteiger partial charge in [-0.15, -0.1) is 0 Å². The van der Waals surface area contributed by atoms with Gasteiger partial charge in [-0.2, -0.15) is 0 Å². The van der Waals surface area contributed by atoms with Gasteiger partial charge in [0.05, 0.1) is 16.8 Å². The molecule has 124 valence electrons. The first-order chi connectivity index (χ1) is 11.0. The number of nitrogens with zero attached hydrogens (tertiary/aromatic N) is 3. The van der Waals surface area contributed by atoms with Gasteiger partial charge in [-0.05, 0) is 24.1 Å². The SMILES string of the molecule is CC(C)COC(=O)N1CCN(c2nc3ccc(Cl)cc3s2)CC1. The highest BCUT2D eigenvalue weighted by molar-refractivity contribution is 7.22. The van der Waals surface area contributed by atoms with Gasteiger partial charge in [0.25, 0.3) is 0 Å². The first-order valence-electron chi connectivity index (χ1n) is 7.75. The van der Waals surface area contributed by atoms with Crippen molar-refractivity contribution < 1.29 is 9.53 Å². The molecular weight excluding hydrogens is 334 g/mol. The normalized spacial score (nSPS) is 15.5. The maximum absolute atomic E-state index is 12.0. The maximum atomic E-state index is 12.0. The second kappa shape index (κ2) is 6.93. The molecule has 1 aliphatic heterocycles. The number of aromatic nitrogens is 1. The van der Waals surface area contributed by atoms with Gasteiger partial charge in [-0.1, -0.05) is 36.8 Å². The van der Waals surface area contributed by atoms with Crippen molar-refractivity contribution >= 4 is 44.4 Å². The molecule has 5 nitrogen and oxygen atoms in total. The topological polar surface area (TPSA) is 45.7 Å². The number of amides is 1. The fourth-order valence-corrected chi connectivity index (χ4v) is 3.72. The lowest BCUT2D eigenvalue weighted by molar-refractivity contribution is 0.0901. The molecule has 23 heavy (non-hydrogen) atoms. The number of anilines is 1. The van der Waals surface area contributed by atoms with E-state index < -0.39 is 0 Å². The van der Waals surface area contributed by atoms with E-state index in [9.17, 15) is 4.79 Å². The quantitative estimate of drug-likeness (QED) is 0.840. The van der Waals surface area contributed by atoms with Crippen LogP contribution in [0, 0.1) is 5.92 Å². The molecule has 0 N–H and O–H groups in total. The Hall–Kier alpha value is -1.53. The summed E-state index contributed by atoms with van der Waals surface area (Å²) >= 11 is 7.66. The number of ether oxygens (including phenoxy) is 1. The van der Waals surface area contributed by atoms with Crippen LogP contribution in [0.1, 0.15) is 13.8 Å². The molecule has 1 saturated heterocycles. The first-order valence-corrected chi connectivity index (χ1v) is 8.95. The fraction of sp³-hybridized carbons (Fsp3) is 0.500. The van der Waals surface area contributed by atoms with E-state index in [1.165, 1.54) is 0 Å². The fourth-order valence-electron chi connectivity index (χ4n) is 2.43. The van der Waals surface area contributed by atoms with Gasteiger partial charge in [0, 0.05) is 31.2 Å². The molecule has 7 heteroatoms. The van der Waals surface area contributed by atoms with E-state index >= 15 is 0 Å². The van der Waals surface area contributed by atoms with Gasteiger partial charge in [0.15, 0.2) is 5.13 Å². The van der Waals surface area contributed by atoms with Crippen LogP contribution in [0.4, 0.5) is 9.93 Å². The van der Waals surface area contributed by atoms with E-state index in [1.807, 2.05) is 32.0 Å². The van der Waals surface area contributed by atoms with Crippen molar-refractivity contribution in [1.29, 1.82) is 0 Å². The largest absolute Gasteiger partial charge is 0.449 e. The Balaban J connectivity index is 1.60. The summed E-state index contributed by atoms with van der Waals surface area (Å²) in [5, 5.41) is 1.71. The summed E-state index contributed by atoms with van der Waals surface area (Å²) in [6, 6.07) is 5.74. The highest BCUT2D eigenvalue weighted by Gasteiger charge is 2.24. The third-order valence-corrected chi connectivity index (χ3v) is 5.00. The van der Waals surface area contributed by atoms with Crippen molar-refractivity contribution in [3.8, 4) is 0 Å². The lowest BCUT2D eigenvalue weighted by Crippen LogP contribution is -2.49. The Kier molecular flexibility index (Phi) is 4.92. The molecule has 2 aromatic rings. The van der Waals surface area contributed by atoms with Crippen molar-refractivity contribution in [3.05, 3.63) is 23.2 Å². The number of carbonyl (C=O) groups is 1. The zero-order valence-corrected chi connectivity index (χ0v) is 14.9. The predicted octanol–water partition coefficient (Wildman–Crippen LogP) is 3.86. The molecule has 0 aliphatic carbocycles. The van der Waals surface area contributed by atoms with Crippen LogP contribution in [0.2, 0.25) is 5.02 Å². The third-order valence-electron chi connectivity index (χ3n) is 3.69. The van der Waals surface area contributed by atoms with Crippen molar-refractivity contribution in [1.82, 2.24) is 9.88 Å². The average Bonchev–Trinajstić information content (AvgIpc) is 2.95. The van der Waals surface area contributed by atoms with Gasteiger partial charge in [-0.25, -0.2) is 9.78 Å². The van der Waals surface area contributed by atoms with Gasteiger partial charge in [-0.3, -0.25) is 0 Å². The van der Waals surface area contributed by atoms with Crippen LogP contribution in [-0.4, -0.2) is 48.8 Å². The van der Waals surface area contributed by atoms with E-state index in [4.69, 9.17) is 16.3 Å². The van der Waals surface area contributed by atoms with E-state index in [2.05, 4.69) is 9.88 Å². The lowest BCUT2D eigenvalue weighted by Gasteiger charge is -2.34.